The molecule has 0 bridgehead atoms. The second-order valence-corrected chi connectivity index (χ2v) is 10.7. The van der Waals surface area contributed by atoms with Crippen LogP contribution in [-0.2, 0) is 30.7 Å². The van der Waals surface area contributed by atoms with Gasteiger partial charge in [-0.25, -0.2) is 13.2 Å². The number of aromatic hydroxyl groups is 1. The highest BCUT2D eigenvalue weighted by Crippen LogP contribution is 2.25. The van der Waals surface area contributed by atoms with E-state index in [1.165, 1.54) is 15.9 Å². The minimum atomic E-state index is -3.85. The van der Waals surface area contributed by atoms with Crippen LogP contribution >= 0.6 is 0 Å². The second kappa shape index (κ2) is 11.2. The van der Waals surface area contributed by atoms with Crippen molar-refractivity contribution in [3.05, 3.63) is 59.7 Å². The molecule has 2 aliphatic rings. The molecule has 1 N–H and O–H groups in total. The van der Waals surface area contributed by atoms with E-state index in [2.05, 4.69) is 12.1 Å². The molecule has 4 rings (SSSR count). The number of hydrogen-bond acceptors (Lipinski definition) is 7. The summed E-state index contributed by atoms with van der Waals surface area (Å²) in [6.45, 7) is 1.70. The van der Waals surface area contributed by atoms with Crippen molar-refractivity contribution in [3.63, 3.8) is 0 Å². The van der Waals surface area contributed by atoms with Crippen LogP contribution in [0.5, 0.6) is 5.75 Å². The van der Waals surface area contributed by atoms with Crippen LogP contribution in [0.4, 0.5) is 0 Å². The van der Waals surface area contributed by atoms with Gasteiger partial charge in [-0.15, -0.1) is 0 Å². The number of amides is 1. The molecule has 0 unspecified atom stereocenters. The van der Waals surface area contributed by atoms with Crippen molar-refractivity contribution in [2.45, 2.75) is 24.2 Å². The van der Waals surface area contributed by atoms with E-state index >= 15 is 0 Å². The molecule has 0 saturated carbocycles. The predicted octanol–water partition coefficient (Wildman–Crippen LogP) is 2.05. The fourth-order valence-corrected chi connectivity index (χ4v) is 5.84. The van der Waals surface area contributed by atoms with E-state index < -0.39 is 28.3 Å². The number of nitrogens with zero attached hydrogens (tertiary/aromatic N) is 2. The summed E-state index contributed by atoms with van der Waals surface area (Å²) in [4.78, 5) is 26.7. The Morgan fingerprint density at radius 1 is 1.00 bits per heavy atom. The number of likely N-dealkylation sites (tertiary alicyclic amines) is 1. The summed E-state index contributed by atoms with van der Waals surface area (Å²) in [5.41, 5.74) is 0.984. The highest BCUT2D eigenvalue weighted by Gasteiger charge is 2.29. The SMILES string of the molecule is O=C(OCC(=O)N1CCC(Cc2ccccc2)CC1)c1cc(S(=O)(=O)N2CCOCC2)ccc1O. The molecule has 0 aromatic heterocycles. The Kier molecular flexibility index (Phi) is 8.04. The highest BCUT2D eigenvalue weighted by atomic mass is 32.2. The number of rotatable bonds is 7. The van der Waals surface area contributed by atoms with Crippen LogP contribution in [0.2, 0.25) is 0 Å². The minimum absolute atomic E-state index is 0.129. The molecule has 0 aliphatic carbocycles. The lowest BCUT2D eigenvalue weighted by Crippen LogP contribution is -2.41. The fraction of sp³-hybridized carbons (Fsp3) is 0.440. The van der Waals surface area contributed by atoms with E-state index in [1.807, 2.05) is 18.2 Å². The van der Waals surface area contributed by atoms with Gasteiger partial charge in [0.2, 0.25) is 10.0 Å². The van der Waals surface area contributed by atoms with E-state index in [9.17, 15) is 23.1 Å². The molecule has 0 spiro atoms. The fourth-order valence-electron chi connectivity index (χ4n) is 4.41. The largest absolute Gasteiger partial charge is 0.507 e. The summed E-state index contributed by atoms with van der Waals surface area (Å²) in [7, 11) is -3.85. The van der Waals surface area contributed by atoms with E-state index in [4.69, 9.17) is 9.47 Å². The Balaban J connectivity index is 1.31. The molecule has 0 radical (unpaired) electrons. The lowest BCUT2D eigenvalue weighted by molar-refractivity contribution is -0.135. The van der Waals surface area contributed by atoms with Gasteiger partial charge in [0.25, 0.3) is 5.91 Å². The first-order valence-electron chi connectivity index (χ1n) is 11.7. The first kappa shape index (κ1) is 25.2. The Morgan fingerprint density at radius 2 is 1.69 bits per heavy atom. The quantitative estimate of drug-likeness (QED) is 0.577. The first-order chi connectivity index (χ1) is 16.8. The maximum absolute atomic E-state index is 12.9. The third kappa shape index (κ3) is 6.19. The molecule has 2 fully saturated rings. The van der Waals surface area contributed by atoms with Crippen LogP contribution in [0.1, 0.15) is 28.8 Å². The number of morpholine rings is 1. The number of carbonyl (C=O) groups is 2. The number of hydrogen-bond donors (Lipinski definition) is 1. The average Bonchev–Trinajstić information content (AvgIpc) is 2.89. The van der Waals surface area contributed by atoms with E-state index in [-0.39, 0.29) is 42.7 Å². The van der Waals surface area contributed by atoms with Gasteiger partial charge < -0.3 is 19.5 Å². The smallest absolute Gasteiger partial charge is 0.342 e. The predicted molar refractivity (Wildman–Crippen MR) is 127 cm³/mol. The van der Waals surface area contributed by atoms with Gasteiger partial charge in [0.05, 0.1) is 18.1 Å². The molecular formula is C25H30N2O7S. The lowest BCUT2D eigenvalue weighted by Gasteiger charge is -2.32. The number of esters is 1. The van der Waals surface area contributed by atoms with Crippen LogP contribution in [0.25, 0.3) is 0 Å². The summed E-state index contributed by atoms with van der Waals surface area (Å²) in [5, 5.41) is 10.1. The summed E-state index contributed by atoms with van der Waals surface area (Å²) in [5.74, 6) is -1.18. The molecular weight excluding hydrogens is 472 g/mol. The number of carbonyl (C=O) groups excluding carboxylic acids is 2. The van der Waals surface area contributed by atoms with Gasteiger partial charge in [0, 0.05) is 26.2 Å². The summed E-state index contributed by atoms with van der Waals surface area (Å²) < 4.78 is 37.3. The number of phenolic OH excluding ortho intramolecular Hbond substituents is 1. The molecule has 10 heteroatoms. The van der Waals surface area contributed by atoms with Gasteiger partial charge in [-0.1, -0.05) is 30.3 Å². The number of sulfonamides is 1. The van der Waals surface area contributed by atoms with Crippen molar-refractivity contribution in [3.8, 4) is 5.75 Å². The third-order valence-electron chi connectivity index (χ3n) is 6.46. The molecule has 2 aromatic carbocycles. The molecule has 35 heavy (non-hydrogen) atoms. The normalized spacial score (nSPS) is 17.8. The third-order valence-corrected chi connectivity index (χ3v) is 8.35. The number of piperidine rings is 1. The van der Waals surface area contributed by atoms with Crippen LogP contribution in [0.3, 0.4) is 0 Å². The van der Waals surface area contributed by atoms with Gasteiger partial charge >= 0.3 is 5.97 Å². The van der Waals surface area contributed by atoms with Gasteiger partial charge in [0.15, 0.2) is 6.61 Å². The minimum Gasteiger partial charge on any atom is -0.507 e. The second-order valence-electron chi connectivity index (χ2n) is 8.79. The van der Waals surface area contributed by atoms with Gasteiger partial charge in [0.1, 0.15) is 11.3 Å². The van der Waals surface area contributed by atoms with Gasteiger partial charge in [-0.3, -0.25) is 4.79 Å². The van der Waals surface area contributed by atoms with Gasteiger partial charge in [-0.2, -0.15) is 4.31 Å². The Hall–Kier alpha value is -2.95. The maximum Gasteiger partial charge on any atom is 0.342 e. The molecule has 2 saturated heterocycles. The number of phenols is 1. The average molecular weight is 503 g/mol. The van der Waals surface area contributed by atoms with Crippen molar-refractivity contribution in [1.29, 1.82) is 0 Å². The molecule has 2 aliphatic heterocycles. The lowest BCUT2D eigenvalue weighted by atomic mass is 9.90. The van der Waals surface area contributed by atoms with E-state index in [1.54, 1.807) is 4.90 Å². The van der Waals surface area contributed by atoms with Crippen molar-refractivity contribution < 1.29 is 32.6 Å². The standard InChI is InChI=1S/C25H30N2O7S/c28-23-7-6-21(35(31,32)27-12-14-33-15-13-27)17-22(23)25(30)34-18-24(29)26-10-8-20(9-11-26)16-19-4-2-1-3-5-19/h1-7,17,20,28H,8-16,18H2. The zero-order chi connectivity index (χ0) is 24.8. The van der Waals surface area contributed by atoms with Crippen molar-refractivity contribution in [1.82, 2.24) is 9.21 Å². The first-order valence-corrected chi connectivity index (χ1v) is 13.2. The Bertz CT molecular complexity index is 1140. The zero-order valence-corrected chi connectivity index (χ0v) is 20.3. The molecule has 2 heterocycles. The summed E-state index contributed by atoms with van der Waals surface area (Å²) >= 11 is 0. The summed E-state index contributed by atoms with van der Waals surface area (Å²) in [6, 6.07) is 13.7. The van der Waals surface area contributed by atoms with Gasteiger partial charge in [-0.05, 0) is 48.9 Å². The van der Waals surface area contributed by atoms with Crippen molar-refractivity contribution in [2.24, 2.45) is 5.92 Å². The summed E-state index contributed by atoms with van der Waals surface area (Å²) in [6.07, 6.45) is 2.72. The van der Waals surface area contributed by atoms with Crippen LogP contribution in [0.15, 0.2) is 53.4 Å². The van der Waals surface area contributed by atoms with Crippen molar-refractivity contribution >= 4 is 21.9 Å². The molecule has 1 amide bonds. The van der Waals surface area contributed by atoms with E-state index in [0.29, 0.717) is 19.0 Å². The number of benzene rings is 2. The van der Waals surface area contributed by atoms with Crippen LogP contribution in [-0.4, -0.2) is 80.6 Å². The van der Waals surface area contributed by atoms with Crippen LogP contribution < -0.4 is 0 Å². The number of ether oxygens (including phenoxy) is 2. The molecule has 2 aromatic rings. The highest BCUT2D eigenvalue weighted by molar-refractivity contribution is 7.89. The van der Waals surface area contributed by atoms with E-state index in [0.717, 1.165) is 31.4 Å². The van der Waals surface area contributed by atoms with Crippen LogP contribution in [0, 0.1) is 5.92 Å². The maximum atomic E-state index is 12.9. The van der Waals surface area contributed by atoms with Crippen molar-refractivity contribution in [2.75, 3.05) is 46.0 Å². The Labute approximate surface area is 205 Å². The topological polar surface area (TPSA) is 113 Å². The zero-order valence-electron chi connectivity index (χ0n) is 19.5. The Morgan fingerprint density at radius 3 is 2.37 bits per heavy atom. The monoisotopic (exact) mass is 502 g/mol. The molecule has 9 nitrogen and oxygen atoms in total. The molecule has 0 atom stereocenters. The molecule has 188 valence electrons.